The van der Waals surface area contributed by atoms with E-state index >= 15 is 0 Å². The van der Waals surface area contributed by atoms with Crippen LogP contribution >= 0.6 is 0 Å². The van der Waals surface area contributed by atoms with E-state index in [0.29, 0.717) is 6.04 Å². The lowest BCUT2D eigenvalue weighted by molar-refractivity contribution is 0.226. The fraction of sp³-hybridized carbons (Fsp3) is 0.500. The molecule has 16 heavy (non-hydrogen) atoms. The van der Waals surface area contributed by atoms with Crippen molar-refractivity contribution in [1.29, 1.82) is 5.26 Å². The lowest BCUT2D eigenvalue weighted by atomic mass is 10.1. The quantitative estimate of drug-likeness (QED) is 0.770. The molecule has 2 heteroatoms. The van der Waals surface area contributed by atoms with E-state index in [0.717, 1.165) is 18.0 Å². The SMILES string of the molecule is CC(C1CC1)N(C)Cc1cccc(C#N)c1. The molecule has 2 nitrogen and oxygen atoms in total. The molecule has 0 heterocycles. The Morgan fingerprint density at radius 2 is 2.25 bits per heavy atom. The van der Waals surface area contributed by atoms with Crippen LogP contribution in [0.25, 0.3) is 0 Å². The molecule has 1 aliphatic rings. The van der Waals surface area contributed by atoms with Gasteiger partial charge in [-0.3, -0.25) is 4.90 Å². The van der Waals surface area contributed by atoms with Crippen LogP contribution in [0.15, 0.2) is 24.3 Å². The summed E-state index contributed by atoms with van der Waals surface area (Å²) >= 11 is 0. The van der Waals surface area contributed by atoms with Gasteiger partial charge in [-0.2, -0.15) is 5.26 Å². The number of nitriles is 1. The zero-order valence-electron chi connectivity index (χ0n) is 9.98. The average Bonchev–Trinajstić information content (AvgIpc) is 3.12. The minimum absolute atomic E-state index is 0.658. The lowest BCUT2D eigenvalue weighted by Crippen LogP contribution is -2.30. The fourth-order valence-electron chi connectivity index (χ4n) is 2.11. The van der Waals surface area contributed by atoms with Gasteiger partial charge in [0.25, 0.3) is 0 Å². The van der Waals surface area contributed by atoms with E-state index in [1.54, 1.807) is 0 Å². The first-order valence-corrected chi connectivity index (χ1v) is 5.90. The Hall–Kier alpha value is -1.33. The maximum atomic E-state index is 8.84. The van der Waals surface area contributed by atoms with E-state index < -0.39 is 0 Å². The molecule has 1 aromatic rings. The van der Waals surface area contributed by atoms with Gasteiger partial charge >= 0.3 is 0 Å². The molecule has 1 unspecified atom stereocenters. The summed E-state index contributed by atoms with van der Waals surface area (Å²) in [5.74, 6) is 0.893. The van der Waals surface area contributed by atoms with Crippen molar-refractivity contribution in [1.82, 2.24) is 4.90 Å². The molecule has 0 saturated heterocycles. The van der Waals surface area contributed by atoms with Gasteiger partial charge in [0.05, 0.1) is 11.6 Å². The van der Waals surface area contributed by atoms with Crippen LogP contribution in [0.2, 0.25) is 0 Å². The molecular weight excluding hydrogens is 196 g/mol. The molecule has 0 bridgehead atoms. The van der Waals surface area contributed by atoms with E-state index in [2.05, 4.69) is 31.0 Å². The van der Waals surface area contributed by atoms with Crippen molar-refractivity contribution >= 4 is 0 Å². The van der Waals surface area contributed by atoms with Crippen molar-refractivity contribution < 1.29 is 0 Å². The largest absolute Gasteiger partial charge is 0.299 e. The Kier molecular flexibility index (Phi) is 3.26. The van der Waals surface area contributed by atoms with Crippen LogP contribution in [0.4, 0.5) is 0 Å². The molecule has 1 aliphatic carbocycles. The van der Waals surface area contributed by atoms with Gasteiger partial charge in [0, 0.05) is 12.6 Å². The topological polar surface area (TPSA) is 27.0 Å². The zero-order chi connectivity index (χ0) is 11.5. The smallest absolute Gasteiger partial charge is 0.0991 e. The highest BCUT2D eigenvalue weighted by Gasteiger charge is 2.30. The van der Waals surface area contributed by atoms with Crippen LogP contribution in [-0.4, -0.2) is 18.0 Å². The van der Waals surface area contributed by atoms with Crippen molar-refractivity contribution in [2.75, 3.05) is 7.05 Å². The molecule has 1 fully saturated rings. The molecule has 1 aromatic carbocycles. The third-order valence-electron chi connectivity index (χ3n) is 3.49. The summed E-state index contributed by atoms with van der Waals surface area (Å²) in [6.45, 7) is 3.24. The molecule has 1 atom stereocenters. The first-order valence-electron chi connectivity index (χ1n) is 5.90. The Labute approximate surface area is 97.5 Å². The standard InChI is InChI=1S/C14H18N2/c1-11(14-6-7-14)16(2)10-13-5-3-4-12(8-13)9-15/h3-5,8,11,14H,6-7,10H2,1-2H3. The normalized spacial score (nSPS) is 17.1. The Morgan fingerprint density at radius 3 is 2.88 bits per heavy atom. The molecule has 0 amide bonds. The summed E-state index contributed by atoms with van der Waals surface area (Å²) in [4.78, 5) is 2.38. The van der Waals surface area contributed by atoms with E-state index in [1.165, 1.54) is 18.4 Å². The minimum Gasteiger partial charge on any atom is -0.299 e. The highest BCUT2D eigenvalue weighted by Crippen LogP contribution is 2.35. The van der Waals surface area contributed by atoms with Crippen molar-refractivity contribution in [2.24, 2.45) is 5.92 Å². The van der Waals surface area contributed by atoms with Crippen molar-refractivity contribution in [3.8, 4) is 6.07 Å². The predicted octanol–water partition coefficient (Wildman–Crippen LogP) is 2.79. The molecule has 0 aliphatic heterocycles. The summed E-state index contributed by atoms with van der Waals surface area (Å²) in [6.07, 6.45) is 2.76. The Bertz CT molecular complexity index is 401. The van der Waals surface area contributed by atoms with E-state index in [9.17, 15) is 0 Å². The molecule has 1 saturated carbocycles. The summed E-state index contributed by atoms with van der Waals surface area (Å²) in [7, 11) is 2.17. The minimum atomic E-state index is 0.658. The Morgan fingerprint density at radius 1 is 1.50 bits per heavy atom. The van der Waals surface area contributed by atoms with E-state index in [1.807, 2.05) is 18.2 Å². The summed E-state index contributed by atoms with van der Waals surface area (Å²) in [5, 5.41) is 8.84. The van der Waals surface area contributed by atoms with Crippen molar-refractivity contribution in [2.45, 2.75) is 32.4 Å². The van der Waals surface area contributed by atoms with Gasteiger partial charge in [-0.1, -0.05) is 12.1 Å². The molecule has 0 spiro atoms. The second-order valence-electron chi connectivity index (χ2n) is 4.81. The molecule has 0 N–H and O–H groups in total. The molecule has 0 aromatic heterocycles. The maximum absolute atomic E-state index is 8.84. The van der Waals surface area contributed by atoms with Crippen molar-refractivity contribution in [3.05, 3.63) is 35.4 Å². The van der Waals surface area contributed by atoms with E-state index in [-0.39, 0.29) is 0 Å². The first-order chi connectivity index (χ1) is 7.70. The van der Waals surface area contributed by atoms with Crippen LogP contribution in [0.1, 0.15) is 30.9 Å². The lowest BCUT2D eigenvalue weighted by Gasteiger charge is -2.24. The van der Waals surface area contributed by atoms with Crippen LogP contribution in [0.3, 0.4) is 0 Å². The highest BCUT2D eigenvalue weighted by molar-refractivity contribution is 5.32. The monoisotopic (exact) mass is 214 g/mol. The van der Waals surface area contributed by atoms with Crippen LogP contribution in [-0.2, 0) is 6.54 Å². The summed E-state index contributed by atoms with van der Waals surface area (Å²) < 4.78 is 0. The second-order valence-corrected chi connectivity index (χ2v) is 4.81. The van der Waals surface area contributed by atoms with Crippen LogP contribution < -0.4 is 0 Å². The molecule has 0 radical (unpaired) electrons. The third kappa shape index (κ3) is 2.62. The van der Waals surface area contributed by atoms with Gasteiger partial charge < -0.3 is 0 Å². The number of hydrogen-bond donors (Lipinski definition) is 0. The van der Waals surface area contributed by atoms with Crippen molar-refractivity contribution in [3.63, 3.8) is 0 Å². The molecular formula is C14H18N2. The molecule has 84 valence electrons. The van der Waals surface area contributed by atoms with Gasteiger partial charge in [0.1, 0.15) is 0 Å². The zero-order valence-corrected chi connectivity index (χ0v) is 9.98. The second kappa shape index (κ2) is 4.67. The van der Waals surface area contributed by atoms with Crippen LogP contribution in [0.5, 0.6) is 0 Å². The predicted molar refractivity (Wildman–Crippen MR) is 64.8 cm³/mol. The number of rotatable bonds is 4. The first kappa shape index (κ1) is 11.2. The Balaban J connectivity index is 1.99. The number of hydrogen-bond acceptors (Lipinski definition) is 2. The van der Waals surface area contributed by atoms with Gasteiger partial charge in [0.15, 0.2) is 0 Å². The van der Waals surface area contributed by atoms with Gasteiger partial charge in [-0.25, -0.2) is 0 Å². The van der Waals surface area contributed by atoms with Crippen LogP contribution in [0, 0.1) is 17.2 Å². The highest BCUT2D eigenvalue weighted by atomic mass is 15.1. The maximum Gasteiger partial charge on any atom is 0.0991 e. The number of nitrogens with zero attached hydrogens (tertiary/aromatic N) is 2. The van der Waals surface area contributed by atoms with Gasteiger partial charge in [-0.15, -0.1) is 0 Å². The fourth-order valence-corrected chi connectivity index (χ4v) is 2.11. The number of benzene rings is 1. The van der Waals surface area contributed by atoms with E-state index in [4.69, 9.17) is 5.26 Å². The molecule has 2 rings (SSSR count). The van der Waals surface area contributed by atoms with Gasteiger partial charge in [0.2, 0.25) is 0 Å². The van der Waals surface area contributed by atoms with Gasteiger partial charge in [-0.05, 0) is 50.4 Å². The third-order valence-corrected chi connectivity index (χ3v) is 3.49. The average molecular weight is 214 g/mol. The summed E-state index contributed by atoms with van der Waals surface area (Å²) in [5.41, 5.74) is 1.99. The summed E-state index contributed by atoms with van der Waals surface area (Å²) in [6, 6.07) is 10.7.